The predicted octanol–water partition coefficient (Wildman–Crippen LogP) is 13.0. The molecule has 2 unspecified atom stereocenters. The molecule has 0 bridgehead atoms. The highest BCUT2D eigenvalue weighted by atomic mass is 14.5. The van der Waals surface area contributed by atoms with Gasteiger partial charge in [0, 0.05) is 0 Å². The summed E-state index contributed by atoms with van der Waals surface area (Å²) in [6.45, 7) is 0. The lowest BCUT2D eigenvalue weighted by Crippen LogP contribution is -2.04. The van der Waals surface area contributed by atoms with Crippen molar-refractivity contribution in [2.45, 2.75) is 31.1 Å². The van der Waals surface area contributed by atoms with Crippen molar-refractivity contribution in [2.75, 3.05) is 0 Å². The Labute approximate surface area is 276 Å². The molecule has 3 aliphatic rings. The highest BCUT2D eigenvalue weighted by Crippen LogP contribution is 2.65. The number of hydrogen-bond donors (Lipinski definition) is 0. The van der Waals surface area contributed by atoms with Gasteiger partial charge in [-0.05, 0) is 119 Å². The largest absolute Gasteiger partial charge is 0.0842 e. The van der Waals surface area contributed by atoms with Gasteiger partial charge in [0.25, 0.3) is 0 Å². The first-order chi connectivity index (χ1) is 23.3. The van der Waals surface area contributed by atoms with E-state index in [0.29, 0.717) is 11.8 Å². The van der Waals surface area contributed by atoms with Crippen LogP contribution in [0.5, 0.6) is 0 Å². The molecular formula is C47H34. The van der Waals surface area contributed by atoms with Crippen molar-refractivity contribution in [2.24, 2.45) is 0 Å². The Bertz CT molecular complexity index is 2360. The van der Waals surface area contributed by atoms with Crippen LogP contribution in [0, 0.1) is 0 Å². The van der Waals surface area contributed by atoms with Gasteiger partial charge in [0.1, 0.15) is 0 Å². The van der Waals surface area contributed by atoms with Gasteiger partial charge in [0.15, 0.2) is 0 Å². The maximum atomic E-state index is 2.46. The maximum Gasteiger partial charge on any atom is -0.00233 e. The standard InChI is InChI=1S/C47H34/c1-3-13-30(14-4-1)31-23-25-32(26-24-31)34-27-28-41(47-43-29-42(43)35-17-7-8-18-36(35)46(34)47)45-39-21-11-9-19-37(39)44(33-15-5-2-6-16-33)38-20-10-12-22-40(38)45/h1-5,7-15,17-28,42-43H,6,16,29H2. The molecule has 0 saturated heterocycles. The highest BCUT2D eigenvalue weighted by Gasteiger charge is 2.47. The second-order valence-corrected chi connectivity index (χ2v) is 13.4. The van der Waals surface area contributed by atoms with Crippen LogP contribution in [0.3, 0.4) is 0 Å². The normalized spacial score (nSPS) is 17.6. The fourth-order valence-electron chi connectivity index (χ4n) is 8.71. The Balaban J connectivity index is 1.26. The summed E-state index contributed by atoms with van der Waals surface area (Å²) < 4.78 is 0. The van der Waals surface area contributed by atoms with Gasteiger partial charge in [-0.2, -0.15) is 0 Å². The molecule has 0 amide bonds. The van der Waals surface area contributed by atoms with Gasteiger partial charge in [-0.15, -0.1) is 0 Å². The first-order valence-corrected chi connectivity index (χ1v) is 17.1. The third-order valence-corrected chi connectivity index (χ3v) is 10.9. The number of hydrogen-bond acceptors (Lipinski definition) is 0. The second-order valence-electron chi connectivity index (χ2n) is 13.4. The van der Waals surface area contributed by atoms with Crippen molar-refractivity contribution in [3.05, 3.63) is 174 Å². The molecule has 0 aliphatic heterocycles. The lowest BCUT2D eigenvalue weighted by molar-refractivity contribution is 1.01. The number of benzene rings is 7. The van der Waals surface area contributed by atoms with Crippen LogP contribution >= 0.6 is 0 Å². The van der Waals surface area contributed by atoms with Crippen molar-refractivity contribution in [3.63, 3.8) is 0 Å². The van der Waals surface area contributed by atoms with Gasteiger partial charge in [-0.3, -0.25) is 0 Å². The SMILES string of the molecule is C1=CCCC(c2c3ccccc3c(-c3ccc(-c4ccc(-c5ccccc5)cc4)c4c3C3CC3c3ccccc3-4)c3ccccc23)=C1. The van der Waals surface area contributed by atoms with E-state index in [0.717, 1.165) is 12.8 Å². The third-order valence-electron chi connectivity index (χ3n) is 10.9. The average Bonchev–Trinajstić information content (AvgIpc) is 3.96. The fraction of sp³-hybridized carbons (Fsp3) is 0.106. The summed E-state index contributed by atoms with van der Waals surface area (Å²) in [4.78, 5) is 0. The first kappa shape index (κ1) is 26.7. The minimum Gasteiger partial charge on any atom is -0.0842 e. The third kappa shape index (κ3) is 4.14. The molecule has 0 radical (unpaired) electrons. The van der Waals surface area contributed by atoms with Crippen LogP contribution in [0.4, 0.5) is 0 Å². The van der Waals surface area contributed by atoms with E-state index in [-0.39, 0.29) is 0 Å². The Morgan fingerprint density at radius 3 is 1.72 bits per heavy atom. The van der Waals surface area contributed by atoms with Crippen LogP contribution in [-0.4, -0.2) is 0 Å². The molecule has 1 fully saturated rings. The Morgan fingerprint density at radius 1 is 0.426 bits per heavy atom. The van der Waals surface area contributed by atoms with Crippen LogP contribution in [0.2, 0.25) is 0 Å². The Kier molecular flexibility index (Phi) is 5.99. The molecule has 0 nitrogen and oxygen atoms in total. The van der Waals surface area contributed by atoms with E-state index in [4.69, 9.17) is 0 Å². The van der Waals surface area contributed by atoms with Crippen molar-refractivity contribution < 1.29 is 0 Å². The molecule has 0 aromatic heterocycles. The summed E-state index contributed by atoms with van der Waals surface area (Å²) in [7, 11) is 0. The van der Waals surface area contributed by atoms with Crippen LogP contribution in [0.15, 0.2) is 158 Å². The minimum absolute atomic E-state index is 0.543. The molecule has 3 aliphatic carbocycles. The van der Waals surface area contributed by atoms with E-state index in [1.807, 2.05) is 0 Å². The molecule has 7 aromatic rings. The fourth-order valence-corrected chi connectivity index (χ4v) is 8.71. The quantitative estimate of drug-likeness (QED) is 0.177. The van der Waals surface area contributed by atoms with Gasteiger partial charge < -0.3 is 0 Å². The highest BCUT2D eigenvalue weighted by molar-refractivity contribution is 6.20. The van der Waals surface area contributed by atoms with Crippen LogP contribution in [0.25, 0.3) is 71.6 Å². The van der Waals surface area contributed by atoms with Crippen LogP contribution in [-0.2, 0) is 0 Å². The van der Waals surface area contributed by atoms with Gasteiger partial charge in [0.2, 0.25) is 0 Å². The van der Waals surface area contributed by atoms with Gasteiger partial charge in [-0.25, -0.2) is 0 Å². The molecule has 0 heterocycles. The van der Waals surface area contributed by atoms with Gasteiger partial charge in [-0.1, -0.05) is 158 Å². The molecule has 0 spiro atoms. The molecule has 0 N–H and O–H groups in total. The topological polar surface area (TPSA) is 0 Å². The summed E-state index contributed by atoms with van der Waals surface area (Å²) in [6, 6.07) is 52.3. The van der Waals surface area contributed by atoms with E-state index in [9.17, 15) is 0 Å². The molecule has 10 rings (SSSR count). The monoisotopic (exact) mass is 598 g/mol. The van der Waals surface area contributed by atoms with E-state index >= 15 is 0 Å². The van der Waals surface area contributed by atoms with E-state index in [1.165, 1.54) is 89.2 Å². The van der Waals surface area contributed by atoms with Crippen molar-refractivity contribution in [1.82, 2.24) is 0 Å². The summed E-state index contributed by atoms with van der Waals surface area (Å²) in [5, 5.41) is 5.44. The minimum atomic E-state index is 0.543. The first-order valence-electron chi connectivity index (χ1n) is 17.1. The smallest absolute Gasteiger partial charge is 0.00233 e. The van der Waals surface area contributed by atoms with Crippen LogP contribution < -0.4 is 0 Å². The van der Waals surface area contributed by atoms with E-state index in [1.54, 1.807) is 5.56 Å². The lowest BCUT2D eigenvalue weighted by Gasteiger charge is -2.27. The summed E-state index contributed by atoms with van der Waals surface area (Å²) in [5.41, 5.74) is 16.7. The molecule has 47 heavy (non-hydrogen) atoms. The zero-order valence-corrected chi connectivity index (χ0v) is 26.3. The molecule has 1 saturated carbocycles. The second kappa shape index (κ2) is 10.5. The summed E-state index contributed by atoms with van der Waals surface area (Å²) in [6.07, 6.45) is 10.3. The van der Waals surface area contributed by atoms with Crippen LogP contribution in [0.1, 0.15) is 47.8 Å². The summed E-state index contributed by atoms with van der Waals surface area (Å²) >= 11 is 0. The Hall–Kier alpha value is -5.46. The van der Waals surface area contributed by atoms with E-state index < -0.39 is 0 Å². The molecule has 222 valence electrons. The molecular weight excluding hydrogens is 565 g/mol. The number of fused-ring (bicyclic) bond motifs is 8. The predicted molar refractivity (Wildman–Crippen MR) is 200 cm³/mol. The average molecular weight is 599 g/mol. The van der Waals surface area contributed by atoms with Crippen molar-refractivity contribution in [3.8, 4) is 44.5 Å². The summed E-state index contributed by atoms with van der Waals surface area (Å²) in [5.74, 6) is 1.14. The number of allylic oxidation sites excluding steroid dienone is 4. The maximum absolute atomic E-state index is 2.46. The zero-order valence-electron chi connectivity index (χ0n) is 26.3. The van der Waals surface area contributed by atoms with Crippen molar-refractivity contribution >= 4 is 27.1 Å². The molecule has 0 heteroatoms. The molecule has 2 atom stereocenters. The number of rotatable bonds is 4. The van der Waals surface area contributed by atoms with Gasteiger partial charge >= 0.3 is 0 Å². The van der Waals surface area contributed by atoms with E-state index in [2.05, 4.69) is 158 Å². The molecule has 7 aromatic carbocycles. The zero-order chi connectivity index (χ0) is 30.9. The van der Waals surface area contributed by atoms with Crippen molar-refractivity contribution in [1.29, 1.82) is 0 Å². The Morgan fingerprint density at radius 2 is 1.02 bits per heavy atom. The lowest BCUT2D eigenvalue weighted by atomic mass is 9.76. The van der Waals surface area contributed by atoms with Gasteiger partial charge in [0.05, 0.1) is 0 Å².